The van der Waals surface area contributed by atoms with Crippen LogP contribution in [0.5, 0.6) is 0 Å². The zero-order valence-electron chi connectivity index (χ0n) is 20.4. The number of hydrogen-bond acceptors (Lipinski definition) is 4. The Balaban J connectivity index is 1.28. The predicted octanol–water partition coefficient (Wildman–Crippen LogP) is 4.70. The fourth-order valence-corrected chi connectivity index (χ4v) is 5.38. The standard InChI is InChI=1S/C28H34N2O5/c1-28(2,15-26(32)33)17-29-25(31)14-18-8-7-13-24(18)30-27(34)35-16-23-21-11-5-3-9-19(21)20-10-4-6-12-22(20)23/h3-6,9-12,18,23-24H,7-8,13-17H2,1-2H3,(H,29,31)(H,30,34)(H,32,33). The highest BCUT2D eigenvalue weighted by Crippen LogP contribution is 2.44. The van der Waals surface area contributed by atoms with Gasteiger partial charge in [0.25, 0.3) is 0 Å². The Labute approximate surface area is 206 Å². The van der Waals surface area contributed by atoms with Crippen LogP contribution in [0.25, 0.3) is 11.1 Å². The second kappa shape index (κ2) is 10.5. The number of rotatable bonds is 9. The third kappa shape index (κ3) is 6.02. The van der Waals surface area contributed by atoms with Crippen molar-refractivity contribution in [3.63, 3.8) is 0 Å². The van der Waals surface area contributed by atoms with Gasteiger partial charge in [-0.3, -0.25) is 9.59 Å². The number of carboxylic acids is 1. The van der Waals surface area contributed by atoms with Crippen LogP contribution in [-0.4, -0.2) is 42.3 Å². The average Bonchev–Trinajstić information content (AvgIpc) is 3.37. The van der Waals surface area contributed by atoms with Crippen molar-refractivity contribution in [1.29, 1.82) is 0 Å². The molecule has 0 aliphatic heterocycles. The monoisotopic (exact) mass is 478 g/mol. The van der Waals surface area contributed by atoms with Gasteiger partial charge >= 0.3 is 12.1 Å². The van der Waals surface area contributed by atoms with Crippen LogP contribution in [0, 0.1) is 11.3 Å². The van der Waals surface area contributed by atoms with Crippen molar-refractivity contribution in [2.24, 2.45) is 11.3 Å². The molecule has 2 atom stereocenters. The van der Waals surface area contributed by atoms with Gasteiger partial charge in [-0.05, 0) is 46.4 Å². The van der Waals surface area contributed by atoms with Crippen LogP contribution in [0.2, 0.25) is 0 Å². The molecule has 1 fully saturated rings. The molecular formula is C28H34N2O5. The van der Waals surface area contributed by atoms with Crippen LogP contribution in [0.3, 0.4) is 0 Å². The molecule has 2 aliphatic rings. The van der Waals surface area contributed by atoms with Crippen LogP contribution in [0.4, 0.5) is 4.79 Å². The molecule has 1 saturated carbocycles. The molecule has 2 aliphatic carbocycles. The van der Waals surface area contributed by atoms with Crippen LogP contribution in [-0.2, 0) is 14.3 Å². The first kappa shape index (κ1) is 24.8. The predicted molar refractivity (Wildman–Crippen MR) is 133 cm³/mol. The number of aliphatic carboxylic acids is 1. The first-order chi connectivity index (χ1) is 16.7. The zero-order valence-corrected chi connectivity index (χ0v) is 20.4. The number of benzene rings is 2. The number of amides is 2. The number of hydrogen-bond donors (Lipinski definition) is 3. The summed E-state index contributed by atoms with van der Waals surface area (Å²) in [6, 6.07) is 16.3. The van der Waals surface area contributed by atoms with E-state index in [4.69, 9.17) is 9.84 Å². The molecule has 0 radical (unpaired) electrons. The van der Waals surface area contributed by atoms with Crippen molar-refractivity contribution in [2.75, 3.05) is 13.2 Å². The maximum Gasteiger partial charge on any atom is 0.407 e. The summed E-state index contributed by atoms with van der Waals surface area (Å²) < 4.78 is 5.68. The lowest BCUT2D eigenvalue weighted by atomic mass is 9.89. The zero-order chi connectivity index (χ0) is 25.0. The van der Waals surface area contributed by atoms with E-state index in [0.29, 0.717) is 13.0 Å². The summed E-state index contributed by atoms with van der Waals surface area (Å²) in [4.78, 5) is 36.2. The molecule has 186 valence electrons. The quantitative estimate of drug-likeness (QED) is 0.485. The maximum absolute atomic E-state index is 12.7. The van der Waals surface area contributed by atoms with Crippen LogP contribution >= 0.6 is 0 Å². The van der Waals surface area contributed by atoms with Gasteiger partial charge in [0, 0.05) is 24.9 Å². The largest absolute Gasteiger partial charge is 0.481 e. The first-order valence-electron chi connectivity index (χ1n) is 12.3. The fourth-order valence-electron chi connectivity index (χ4n) is 5.38. The Morgan fingerprint density at radius 3 is 2.26 bits per heavy atom. The summed E-state index contributed by atoms with van der Waals surface area (Å²) in [5.41, 5.74) is 4.19. The highest BCUT2D eigenvalue weighted by molar-refractivity contribution is 5.79. The van der Waals surface area contributed by atoms with Crippen LogP contribution < -0.4 is 10.6 Å². The molecule has 4 rings (SSSR count). The molecule has 0 bridgehead atoms. The molecule has 7 nitrogen and oxygen atoms in total. The number of ether oxygens (including phenoxy) is 1. The Morgan fingerprint density at radius 1 is 1.00 bits per heavy atom. The van der Waals surface area contributed by atoms with Crippen LogP contribution in [0.15, 0.2) is 48.5 Å². The van der Waals surface area contributed by atoms with E-state index >= 15 is 0 Å². The highest BCUT2D eigenvalue weighted by Gasteiger charge is 2.33. The molecule has 2 aromatic rings. The van der Waals surface area contributed by atoms with Crippen molar-refractivity contribution in [1.82, 2.24) is 10.6 Å². The maximum atomic E-state index is 12.7. The van der Waals surface area contributed by atoms with E-state index in [1.54, 1.807) is 0 Å². The second-order valence-corrected chi connectivity index (χ2v) is 10.5. The smallest absolute Gasteiger partial charge is 0.407 e. The summed E-state index contributed by atoms with van der Waals surface area (Å²) in [6.07, 6.45) is 2.45. The van der Waals surface area contributed by atoms with Gasteiger partial charge in [0.15, 0.2) is 0 Å². The summed E-state index contributed by atoms with van der Waals surface area (Å²) in [5, 5.41) is 14.9. The second-order valence-electron chi connectivity index (χ2n) is 10.5. The van der Waals surface area contributed by atoms with Gasteiger partial charge in [-0.15, -0.1) is 0 Å². The normalized spacial score (nSPS) is 19.0. The SMILES string of the molecule is CC(C)(CNC(=O)CC1CCCC1NC(=O)OCC1c2ccccc2-c2ccccc21)CC(=O)O. The van der Waals surface area contributed by atoms with E-state index in [-0.39, 0.29) is 36.8 Å². The van der Waals surface area contributed by atoms with E-state index in [2.05, 4.69) is 34.9 Å². The summed E-state index contributed by atoms with van der Waals surface area (Å²) in [5.74, 6) is -0.951. The van der Waals surface area contributed by atoms with Gasteiger partial charge in [-0.25, -0.2) is 4.79 Å². The summed E-state index contributed by atoms with van der Waals surface area (Å²) in [7, 11) is 0. The fraction of sp³-hybridized carbons (Fsp3) is 0.464. The van der Waals surface area contributed by atoms with Crippen LogP contribution in [0.1, 0.15) is 63.0 Å². The molecule has 0 saturated heterocycles. The van der Waals surface area contributed by atoms with Gasteiger partial charge in [-0.2, -0.15) is 0 Å². The van der Waals surface area contributed by atoms with E-state index in [9.17, 15) is 14.4 Å². The highest BCUT2D eigenvalue weighted by atomic mass is 16.5. The molecule has 0 aromatic heterocycles. The third-order valence-corrected chi connectivity index (χ3v) is 7.15. The van der Waals surface area contributed by atoms with E-state index in [0.717, 1.165) is 19.3 Å². The lowest BCUT2D eigenvalue weighted by Crippen LogP contribution is -2.41. The first-order valence-corrected chi connectivity index (χ1v) is 12.3. The number of nitrogens with one attached hydrogen (secondary N) is 2. The number of fused-ring (bicyclic) bond motifs is 3. The Kier molecular flexibility index (Phi) is 7.43. The van der Waals surface area contributed by atoms with Crippen molar-refractivity contribution >= 4 is 18.0 Å². The molecule has 2 unspecified atom stereocenters. The minimum Gasteiger partial charge on any atom is -0.481 e. The number of alkyl carbamates (subject to hydrolysis) is 1. The molecule has 7 heteroatoms. The molecule has 3 N–H and O–H groups in total. The topological polar surface area (TPSA) is 105 Å². The Morgan fingerprint density at radius 2 is 1.63 bits per heavy atom. The van der Waals surface area contributed by atoms with Crippen molar-refractivity contribution in [2.45, 2.75) is 57.9 Å². The number of carbonyl (C=O) groups is 3. The summed E-state index contributed by atoms with van der Waals surface area (Å²) >= 11 is 0. The minimum absolute atomic E-state index is 0.00691. The van der Waals surface area contributed by atoms with E-state index < -0.39 is 17.5 Å². The molecule has 2 aromatic carbocycles. The average molecular weight is 479 g/mol. The van der Waals surface area contributed by atoms with Gasteiger partial charge in [-0.1, -0.05) is 68.8 Å². The van der Waals surface area contributed by atoms with Crippen molar-refractivity contribution in [3.8, 4) is 11.1 Å². The molecule has 2 amide bonds. The molecular weight excluding hydrogens is 444 g/mol. The molecule has 0 spiro atoms. The third-order valence-electron chi connectivity index (χ3n) is 7.15. The van der Waals surface area contributed by atoms with Gasteiger partial charge in [0.2, 0.25) is 5.91 Å². The lowest BCUT2D eigenvalue weighted by Gasteiger charge is -2.24. The molecule has 0 heterocycles. The van der Waals surface area contributed by atoms with Crippen molar-refractivity contribution < 1.29 is 24.2 Å². The lowest BCUT2D eigenvalue weighted by molar-refractivity contribution is -0.139. The number of carboxylic acid groups (broad SMARTS) is 1. The van der Waals surface area contributed by atoms with Gasteiger partial charge in [0.1, 0.15) is 6.61 Å². The van der Waals surface area contributed by atoms with Gasteiger partial charge < -0.3 is 20.5 Å². The number of carbonyl (C=O) groups excluding carboxylic acids is 2. The van der Waals surface area contributed by atoms with Crippen molar-refractivity contribution in [3.05, 3.63) is 59.7 Å². The Bertz CT molecular complexity index is 1050. The van der Waals surface area contributed by atoms with E-state index in [1.165, 1.54) is 22.3 Å². The minimum atomic E-state index is -0.882. The Hall–Kier alpha value is -3.35. The van der Waals surface area contributed by atoms with Gasteiger partial charge in [0.05, 0.1) is 6.42 Å². The summed E-state index contributed by atoms with van der Waals surface area (Å²) in [6.45, 7) is 4.20. The molecule has 35 heavy (non-hydrogen) atoms. The van der Waals surface area contributed by atoms with E-state index in [1.807, 2.05) is 38.1 Å².